The number of Topliss-reactive ketones (excluding diaryl/α,β-unsaturated/α-hetero) is 1. The van der Waals surface area contributed by atoms with Crippen LogP contribution in [-0.2, 0) is 14.3 Å². The number of thioether (sulfide) groups is 1. The third-order valence-corrected chi connectivity index (χ3v) is 3.05. The highest BCUT2D eigenvalue weighted by molar-refractivity contribution is 7.99. The minimum atomic E-state index is -0.429. The molecule has 92 valence electrons. The summed E-state index contributed by atoms with van der Waals surface area (Å²) < 4.78 is 4.71. The fourth-order valence-electron chi connectivity index (χ4n) is 1.26. The fraction of sp³-hybridized carbons (Fsp3) is 0.385. The number of hydrogen-bond acceptors (Lipinski definition) is 4. The van der Waals surface area contributed by atoms with Crippen LogP contribution in [-0.4, -0.2) is 24.1 Å². The smallest absolute Gasteiger partial charge is 0.313 e. The molecule has 0 radical (unpaired) electrons. The first-order valence-electron chi connectivity index (χ1n) is 5.57. The maximum absolute atomic E-state index is 11.4. The van der Waals surface area contributed by atoms with Gasteiger partial charge in [-0.15, -0.1) is 11.8 Å². The summed E-state index contributed by atoms with van der Waals surface area (Å²) in [7, 11) is 0. The minimum Gasteiger partial charge on any atom is -0.466 e. The number of carbonyl (C=O) groups excluding carboxylic acids is 2. The molecule has 17 heavy (non-hydrogen) atoms. The summed E-state index contributed by atoms with van der Waals surface area (Å²) in [6.07, 6.45) is 0.293. The molecule has 0 aliphatic rings. The molecule has 1 aromatic rings. The number of benzene rings is 1. The van der Waals surface area contributed by atoms with Crippen molar-refractivity contribution in [2.24, 2.45) is 0 Å². The number of ketones is 1. The molecule has 0 bridgehead atoms. The number of esters is 1. The van der Waals surface area contributed by atoms with E-state index in [4.69, 9.17) is 4.74 Å². The van der Waals surface area contributed by atoms with E-state index in [1.807, 2.05) is 30.3 Å². The standard InChI is InChI=1S/C13H16O3S/c1-2-16-13(15)10-11(14)8-9-17-12-6-4-3-5-7-12/h3-7H,2,8-10H2,1H3. The maximum Gasteiger partial charge on any atom is 0.313 e. The first-order chi connectivity index (χ1) is 8.22. The van der Waals surface area contributed by atoms with Crippen molar-refractivity contribution in [1.29, 1.82) is 0 Å². The molecule has 0 aliphatic heterocycles. The van der Waals surface area contributed by atoms with E-state index < -0.39 is 5.97 Å². The Hall–Kier alpha value is -1.29. The van der Waals surface area contributed by atoms with Crippen molar-refractivity contribution in [2.75, 3.05) is 12.4 Å². The van der Waals surface area contributed by atoms with Gasteiger partial charge in [0.2, 0.25) is 0 Å². The van der Waals surface area contributed by atoms with Gasteiger partial charge in [0.05, 0.1) is 6.61 Å². The average molecular weight is 252 g/mol. The zero-order chi connectivity index (χ0) is 12.5. The van der Waals surface area contributed by atoms with Gasteiger partial charge in [-0.3, -0.25) is 9.59 Å². The summed E-state index contributed by atoms with van der Waals surface area (Å²) in [6, 6.07) is 9.88. The lowest BCUT2D eigenvalue weighted by atomic mass is 10.2. The summed E-state index contributed by atoms with van der Waals surface area (Å²) in [4.78, 5) is 23.6. The van der Waals surface area contributed by atoms with Gasteiger partial charge in [0.25, 0.3) is 0 Å². The zero-order valence-corrected chi connectivity index (χ0v) is 10.7. The van der Waals surface area contributed by atoms with Gasteiger partial charge < -0.3 is 4.74 Å². The van der Waals surface area contributed by atoms with Crippen LogP contribution in [0.1, 0.15) is 19.8 Å². The van der Waals surface area contributed by atoms with E-state index in [9.17, 15) is 9.59 Å². The molecule has 0 saturated heterocycles. The second-order valence-electron chi connectivity index (χ2n) is 3.43. The number of carbonyl (C=O) groups is 2. The van der Waals surface area contributed by atoms with Gasteiger partial charge in [0, 0.05) is 17.1 Å². The van der Waals surface area contributed by atoms with E-state index in [-0.39, 0.29) is 12.2 Å². The van der Waals surface area contributed by atoms with Crippen LogP contribution in [0.2, 0.25) is 0 Å². The Morgan fingerprint density at radius 1 is 1.24 bits per heavy atom. The predicted octanol–water partition coefficient (Wildman–Crippen LogP) is 2.69. The van der Waals surface area contributed by atoms with Crippen molar-refractivity contribution in [3.8, 4) is 0 Å². The van der Waals surface area contributed by atoms with Crippen LogP contribution >= 0.6 is 11.8 Å². The quantitative estimate of drug-likeness (QED) is 0.425. The van der Waals surface area contributed by atoms with Gasteiger partial charge >= 0.3 is 5.97 Å². The fourth-order valence-corrected chi connectivity index (χ4v) is 2.18. The molecule has 0 heterocycles. The second kappa shape index (κ2) is 7.90. The van der Waals surface area contributed by atoms with Gasteiger partial charge in [-0.1, -0.05) is 18.2 Å². The molecule has 0 fully saturated rings. The van der Waals surface area contributed by atoms with E-state index in [0.717, 1.165) is 4.90 Å². The molecular weight excluding hydrogens is 236 g/mol. The molecule has 0 atom stereocenters. The van der Waals surface area contributed by atoms with Crippen molar-refractivity contribution in [3.05, 3.63) is 30.3 Å². The highest BCUT2D eigenvalue weighted by Crippen LogP contribution is 2.17. The molecular formula is C13H16O3S. The van der Waals surface area contributed by atoms with Crippen molar-refractivity contribution in [3.63, 3.8) is 0 Å². The molecule has 4 heteroatoms. The van der Waals surface area contributed by atoms with Gasteiger partial charge in [-0.25, -0.2) is 0 Å². The Morgan fingerprint density at radius 3 is 2.59 bits per heavy atom. The van der Waals surface area contributed by atoms with Crippen LogP contribution in [0.3, 0.4) is 0 Å². The number of rotatable bonds is 7. The molecule has 0 saturated carbocycles. The highest BCUT2D eigenvalue weighted by Gasteiger charge is 2.09. The number of ether oxygens (including phenoxy) is 1. The monoisotopic (exact) mass is 252 g/mol. The maximum atomic E-state index is 11.4. The first kappa shape index (κ1) is 13.8. The zero-order valence-electron chi connectivity index (χ0n) is 9.85. The molecule has 0 N–H and O–H groups in total. The van der Waals surface area contributed by atoms with Crippen LogP contribution in [0.15, 0.2) is 35.2 Å². The van der Waals surface area contributed by atoms with Crippen molar-refractivity contribution < 1.29 is 14.3 Å². The van der Waals surface area contributed by atoms with Crippen LogP contribution in [0.4, 0.5) is 0 Å². The van der Waals surface area contributed by atoms with E-state index in [1.165, 1.54) is 0 Å². The predicted molar refractivity (Wildman–Crippen MR) is 68.0 cm³/mol. The largest absolute Gasteiger partial charge is 0.466 e. The first-order valence-corrected chi connectivity index (χ1v) is 6.56. The Kier molecular flexibility index (Phi) is 6.40. The Morgan fingerprint density at radius 2 is 1.94 bits per heavy atom. The van der Waals surface area contributed by atoms with Crippen LogP contribution in [0, 0.1) is 0 Å². The highest BCUT2D eigenvalue weighted by atomic mass is 32.2. The van der Waals surface area contributed by atoms with Gasteiger partial charge in [0.1, 0.15) is 12.2 Å². The normalized spacial score (nSPS) is 9.94. The second-order valence-corrected chi connectivity index (χ2v) is 4.60. The Bertz CT molecular complexity index is 362. The van der Waals surface area contributed by atoms with Crippen LogP contribution in [0.5, 0.6) is 0 Å². The summed E-state index contributed by atoms with van der Waals surface area (Å²) >= 11 is 1.62. The van der Waals surface area contributed by atoms with Crippen LogP contribution < -0.4 is 0 Å². The molecule has 3 nitrogen and oxygen atoms in total. The molecule has 0 spiro atoms. The average Bonchev–Trinajstić information content (AvgIpc) is 2.30. The van der Waals surface area contributed by atoms with Crippen molar-refractivity contribution in [2.45, 2.75) is 24.7 Å². The molecule has 0 amide bonds. The van der Waals surface area contributed by atoms with Gasteiger partial charge in [-0.05, 0) is 19.1 Å². The van der Waals surface area contributed by atoms with Gasteiger partial charge in [-0.2, -0.15) is 0 Å². The Balaban J connectivity index is 2.18. The lowest BCUT2D eigenvalue weighted by Gasteiger charge is -2.02. The van der Waals surface area contributed by atoms with Crippen molar-refractivity contribution >= 4 is 23.5 Å². The summed E-state index contributed by atoms with van der Waals surface area (Å²) in [5, 5.41) is 0. The molecule has 0 unspecified atom stereocenters. The Labute approximate surface area is 106 Å². The molecule has 1 aromatic carbocycles. The number of hydrogen-bond donors (Lipinski definition) is 0. The lowest BCUT2D eigenvalue weighted by Crippen LogP contribution is -2.11. The minimum absolute atomic E-state index is 0.0631. The topological polar surface area (TPSA) is 43.4 Å². The lowest BCUT2D eigenvalue weighted by molar-refractivity contribution is -0.145. The van der Waals surface area contributed by atoms with E-state index in [0.29, 0.717) is 18.8 Å². The molecule has 0 aromatic heterocycles. The third-order valence-electron chi connectivity index (χ3n) is 2.04. The molecule has 1 rings (SSSR count). The summed E-state index contributed by atoms with van der Waals surface area (Å²) in [5.41, 5.74) is 0. The van der Waals surface area contributed by atoms with E-state index >= 15 is 0 Å². The van der Waals surface area contributed by atoms with Crippen molar-refractivity contribution in [1.82, 2.24) is 0 Å². The third kappa shape index (κ3) is 6.12. The van der Waals surface area contributed by atoms with E-state index in [1.54, 1.807) is 18.7 Å². The van der Waals surface area contributed by atoms with Crippen LogP contribution in [0.25, 0.3) is 0 Å². The SMILES string of the molecule is CCOC(=O)CC(=O)CCSc1ccccc1. The summed E-state index contributed by atoms with van der Waals surface area (Å²) in [6.45, 7) is 2.05. The van der Waals surface area contributed by atoms with E-state index in [2.05, 4.69) is 0 Å². The molecule has 0 aliphatic carbocycles. The summed E-state index contributed by atoms with van der Waals surface area (Å²) in [5.74, 6) is 0.205. The van der Waals surface area contributed by atoms with Gasteiger partial charge in [0.15, 0.2) is 0 Å².